The SMILES string of the molecule is O=[N+]([O-])c1ccc2ccccc2c1-c1ccc2c(c1)sc1ccc3cc(-c4ccccc4)ccc3c12.c1ccc(-c2ccc3c(ccc4sc5cc6c(cc5c43)[nH]c3ccc4ccccc4c36)c2)cc1. The van der Waals surface area contributed by atoms with E-state index in [1.165, 1.54) is 112 Å². The van der Waals surface area contributed by atoms with E-state index < -0.39 is 0 Å². The summed E-state index contributed by atoms with van der Waals surface area (Å²) < 4.78 is 5.03. The van der Waals surface area contributed by atoms with Crippen LogP contribution >= 0.6 is 22.7 Å². The van der Waals surface area contributed by atoms with E-state index in [4.69, 9.17) is 0 Å². The monoisotopic (exact) mass is 930 g/mol. The lowest BCUT2D eigenvalue weighted by Gasteiger charge is -2.09. The van der Waals surface area contributed by atoms with E-state index in [2.05, 4.69) is 181 Å². The maximum atomic E-state index is 11.9. The maximum absolute atomic E-state index is 11.9. The van der Waals surface area contributed by atoms with Gasteiger partial charge in [0.1, 0.15) is 0 Å². The number of thiophene rings is 2. The molecule has 0 aliphatic carbocycles. The van der Waals surface area contributed by atoms with Gasteiger partial charge in [-0.1, -0.05) is 164 Å². The number of nitrogens with zero attached hydrogens (tertiary/aromatic N) is 1. The molecule has 0 radical (unpaired) electrons. The van der Waals surface area contributed by atoms with Gasteiger partial charge >= 0.3 is 0 Å². The van der Waals surface area contributed by atoms with Gasteiger partial charge in [-0.2, -0.15) is 0 Å². The summed E-state index contributed by atoms with van der Waals surface area (Å²) in [6.45, 7) is 0. The number of fused-ring (bicyclic) bond motifs is 16. The Morgan fingerprint density at radius 1 is 0.329 bits per heavy atom. The Hall–Kier alpha value is -8.68. The number of benzene rings is 12. The van der Waals surface area contributed by atoms with Crippen LogP contribution in [0.1, 0.15) is 0 Å². The maximum Gasteiger partial charge on any atom is 0.277 e. The van der Waals surface area contributed by atoms with E-state index in [9.17, 15) is 10.1 Å². The van der Waals surface area contributed by atoms with Crippen LogP contribution in [0.25, 0.3) is 139 Å². The second-order valence-electron chi connectivity index (χ2n) is 18.1. The molecule has 0 saturated carbocycles. The summed E-state index contributed by atoms with van der Waals surface area (Å²) >= 11 is 3.63. The minimum absolute atomic E-state index is 0.132. The first-order valence-corrected chi connectivity index (χ1v) is 25.0. The highest BCUT2D eigenvalue weighted by Gasteiger charge is 2.20. The molecule has 0 aliphatic heterocycles. The molecule has 6 heteroatoms. The number of nitro benzene ring substituents is 1. The molecule has 0 bridgehead atoms. The molecule has 3 heterocycles. The number of aromatic nitrogens is 1. The van der Waals surface area contributed by atoms with E-state index in [1.807, 2.05) is 53.8 Å². The third-order valence-electron chi connectivity index (χ3n) is 14.1. The molecule has 0 unspecified atom stereocenters. The summed E-state index contributed by atoms with van der Waals surface area (Å²) in [6, 6.07) is 78.9. The summed E-state index contributed by atoms with van der Waals surface area (Å²) in [6.07, 6.45) is 0. The summed E-state index contributed by atoms with van der Waals surface area (Å²) in [5, 5.41) is 29.2. The Kier molecular flexibility index (Phi) is 9.21. The van der Waals surface area contributed by atoms with Gasteiger partial charge in [-0.05, 0) is 126 Å². The first-order chi connectivity index (χ1) is 34.5. The molecule has 3 aromatic heterocycles. The van der Waals surface area contributed by atoms with Gasteiger partial charge in [0.25, 0.3) is 5.69 Å². The number of aromatic amines is 1. The van der Waals surface area contributed by atoms with Crippen LogP contribution in [-0.2, 0) is 0 Å². The summed E-state index contributed by atoms with van der Waals surface area (Å²) in [5.41, 5.74) is 9.01. The molecule has 0 saturated heterocycles. The van der Waals surface area contributed by atoms with Crippen molar-refractivity contribution in [1.29, 1.82) is 0 Å². The fraction of sp³-hybridized carbons (Fsp3) is 0. The van der Waals surface area contributed by atoms with Gasteiger partial charge < -0.3 is 4.98 Å². The molecule has 0 aliphatic rings. The van der Waals surface area contributed by atoms with Crippen LogP contribution in [0, 0.1) is 10.1 Å². The Bertz CT molecular complexity index is 4630. The Labute approximate surface area is 409 Å². The molecular formula is C64H38N2O2S2. The molecule has 4 nitrogen and oxygen atoms in total. The molecule has 12 aromatic carbocycles. The molecule has 328 valence electrons. The molecular weight excluding hydrogens is 893 g/mol. The van der Waals surface area contributed by atoms with Crippen molar-refractivity contribution in [2.75, 3.05) is 0 Å². The number of nitrogens with one attached hydrogen (secondary N) is 1. The van der Waals surface area contributed by atoms with Gasteiger partial charge in [0.2, 0.25) is 0 Å². The van der Waals surface area contributed by atoms with Crippen molar-refractivity contribution >= 4 is 134 Å². The van der Waals surface area contributed by atoms with Crippen LogP contribution in [0.5, 0.6) is 0 Å². The Morgan fingerprint density at radius 2 is 0.843 bits per heavy atom. The molecule has 70 heavy (non-hydrogen) atoms. The number of H-pyrrole nitrogens is 1. The van der Waals surface area contributed by atoms with E-state index in [1.54, 1.807) is 17.4 Å². The lowest BCUT2D eigenvalue weighted by molar-refractivity contribution is -0.384. The zero-order valence-electron chi connectivity index (χ0n) is 37.4. The minimum Gasteiger partial charge on any atom is -0.354 e. The number of nitro groups is 1. The standard InChI is InChI=1S/C32H19NO2S.C32H19NS/c34-33(35)28-16-12-21-8-4-5-9-25(21)31(28)24-11-15-27-30(19-24)36-29-17-13-23-18-22(10-14-26(23)32(27)29)20-6-2-1-3-7-20;1-2-6-19(7-3-1)21-10-13-24-22(16-21)12-15-29-32(24)26-17-28-25(18-30(26)34-29)31-23-9-5-4-8-20(23)11-14-27(31)33-28/h1-19H;1-18,33H. The molecule has 0 spiro atoms. The second-order valence-corrected chi connectivity index (χ2v) is 20.2. The summed E-state index contributed by atoms with van der Waals surface area (Å²) in [4.78, 5) is 15.3. The van der Waals surface area contributed by atoms with Crippen LogP contribution in [0.4, 0.5) is 5.69 Å². The highest BCUT2D eigenvalue weighted by Crippen LogP contribution is 2.45. The van der Waals surface area contributed by atoms with Crippen molar-refractivity contribution in [3.63, 3.8) is 0 Å². The van der Waals surface area contributed by atoms with Crippen molar-refractivity contribution in [3.8, 4) is 33.4 Å². The van der Waals surface area contributed by atoms with Gasteiger partial charge in [-0.3, -0.25) is 10.1 Å². The summed E-state index contributed by atoms with van der Waals surface area (Å²) in [5.74, 6) is 0. The first kappa shape index (κ1) is 40.4. The molecule has 1 N–H and O–H groups in total. The zero-order valence-corrected chi connectivity index (χ0v) is 39.1. The van der Waals surface area contributed by atoms with Crippen molar-refractivity contribution < 1.29 is 4.92 Å². The molecule has 15 aromatic rings. The van der Waals surface area contributed by atoms with Crippen LogP contribution in [-0.4, -0.2) is 9.91 Å². The number of hydrogen-bond acceptors (Lipinski definition) is 4. The number of rotatable bonds is 4. The van der Waals surface area contributed by atoms with Crippen molar-refractivity contribution in [1.82, 2.24) is 4.98 Å². The predicted octanol–water partition coefficient (Wildman–Crippen LogP) is 19.3. The largest absolute Gasteiger partial charge is 0.354 e. The number of hydrogen-bond donors (Lipinski definition) is 1. The van der Waals surface area contributed by atoms with Crippen LogP contribution in [0.2, 0.25) is 0 Å². The van der Waals surface area contributed by atoms with Crippen molar-refractivity contribution in [3.05, 3.63) is 235 Å². The van der Waals surface area contributed by atoms with Gasteiger partial charge in [-0.15, -0.1) is 22.7 Å². The van der Waals surface area contributed by atoms with Crippen molar-refractivity contribution in [2.45, 2.75) is 0 Å². The van der Waals surface area contributed by atoms with Gasteiger partial charge in [0.05, 0.1) is 10.5 Å². The van der Waals surface area contributed by atoms with Crippen LogP contribution in [0.3, 0.4) is 0 Å². The zero-order chi connectivity index (χ0) is 46.5. The van der Waals surface area contributed by atoms with E-state index in [-0.39, 0.29) is 10.6 Å². The smallest absolute Gasteiger partial charge is 0.277 e. The van der Waals surface area contributed by atoms with Gasteiger partial charge in [-0.25, -0.2) is 0 Å². The average molecular weight is 931 g/mol. The molecule has 0 fully saturated rings. The quantitative estimate of drug-likeness (QED) is 0.141. The first-order valence-electron chi connectivity index (χ1n) is 23.4. The van der Waals surface area contributed by atoms with E-state index in [0.717, 1.165) is 21.0 Å². The third kappa shape index (κ3) is 6.49. The molecule has 0 amide bonds. The topological polar surface area (TPSA) is 58.9 Å². The van der Waals surface area contributed by atoms with Gasteiger partial charge in [0, 0.05) is 68.2 Å². The van der Waals surface area contributed by atoms with Crippen LogP contribution in [0.15, 0.2) is 224 Å². The highest BCUT2D eigenvalue weighted by atomic mass is 32.1. The fourth-order valence-electron chi connectivity index (χ4n) is 10.9. The predicted molar refractivity (Wildman–Crippen MR) is 301 cm³/mol. The molecule has 0 atom stereocenters. The molecule has 15 rings (SSSR count). The van der Waals surface area contributed by atoms with Crippen molar-refractivity contribution in [2.24, 2.45) is 0 Å². The van der Waals surface area contributed by atoms with E-state index >= 15 is 0 Å². The second kappa shape index (κ2) is 16.0. The Balaban J connectivity index is 0.000000131. The third-order valence-corrected chi connectivity index (χ3v) is 16.4. The van der Waals surface area contributed by atoms with E-state index in [0.29, 0.717) is 5.56 Å². The highest BCUT2D eigenvalue weighted by molar-refractivity contribution is 7.26. The average Bonchev–Trinajstić information content (AvgIpc) is 4.11. The summed E-state index contributed by atoms with van der Waals surface area (Å²) in [7, 11) is 0. The normalized spacial score (nSPS) is 11.8. The van der Waals surface area contributed by atoms with Gasteiger partial charge in [0.15, 0.2) is 0 Å². The fourth-order valence-corrected chi connectivity index (χ4v) is 13.2. The Morgan fingerprint density at radius 3 is 1.50 bits per heavy atom. The van der Waals surface area contributed by atoms with Crippen LogP contribution < -0.4 is 0 Å². The minimum atomic E-state index is -0.283. The lowest BCUT2D eigenvalue weighted by atomic mass is 9.95. The lowest BCUT2D eigenvalue weighted by Crippen LogP contribution is -1.93.